The SMILES string of the molecule is O=C1OCCN1CC(=O)N1CCCC[C@@H]1c1nccs1. The standard InChI is InChI=1S/C13H17N3O3S/c17-11(9-15-6-7-19-13(15)18)16-5-2-1-3-10(16)12-14-4-8-20-12/h4,8,10H,1-3,5-7,9H2/t10-/m1/s1. The van der Waals surface area contributed by atoms with Crippen molar-refractivity contribution in [2.75, 3.05) is 26.2 Å². The average molecular weight is 295 g/mol. The molecule has 2 aliphatic rings. The maximum absolute atomic E-state index is 12.5. The van der Waals surface area contributed by atoms with Gasteiger partial charge in [-0.05, 0) is 19.3 Å². The molecule has 20 heavy (non-hydrogen) atoms. The molecule has 0 aromatic carbocycles. The summed E-state index contributed by atoms with van der Waals surface area (Å²) in [7, 11) is 0. The Bertz CT molecular complexity index is 491. The van der Waals surface area contributed by atoms with Gasteiger partial charge in [-0.15, -0.1) is 11.3 Å². The van der Waals surface area contributed by atoms with Crippen molar-refractivity contribution < 1.29 is 14.3 Å². The smallest absolute Gasteiger partial charge is 0.410 e. The van der Waals surface area contributed by atoms with E-state index in [1.54, 1.807) is 17.5 Å². The summed E-state index contributed by atoms with van der Waals surface area (Å²) in [5.41, 5.74) is 0. The first-order valence-electron chi connectivity index (χ1n) is 6.86. The predicted molar refractivity (Wildman–Crippen MR) is 73.3 cm³/mol. The van der Waals surface area contributed by atoms with Gasteiger partial charge in [0.15, 0.2) is 0 Å². The van der Waals surface area contributed by atoms with Gasteiger partial charge in [-0.2, -0.15) is 0 Å². The molecule has 6 nitrogen and oxygen atoms in total. The second-order valence-electron chi connectivity index (χ2n) is 5.00. The molecule has 0 N–H and O–H groups in total. The lowest BCUT2D eigenvalue weighted by molar-refractivity contribution is -0.135. The second kappa shape index (κ2) is 5.78. The van der Waals surface area contributed by atoms with E-state index in [-0.39, 0.29) is 24.6 Å². The number of cyclic esters (lactones) is 1. The number of rotatable bonds is 3. The molecule has 0 bridgehead atoms. The normalized spacial score (nSPS) is 23.0. The van der Waals surface area contributed by atoms with Crippen LogP contribution in [0.5, 0.6) is 0 Å². The molecule has 2 saturated heterocycles. The summed E-state index contributed by atoms with van der Waals surface area (Å²) in [6, 6.07) is 0.0647. The molecule has 0 unspecified atom stereocenters. The van der Waals surface area contributed by atoms with Gasteiger partial charge in [-0.3, -0.25) is 9.69 Å². The fourth-order valence-corrected chi connectivity index (χ4v) is 3.49. The number of carbonyl (C=O) groups excluding carboxylic acids is 2. The van der Waals surface area contributed by atoms with Gasteiger partial charge in [0, 0.05) is 18.1 Å². The molecular formula is C13H17N3O3S. The van der Waals surface area contributed by atoms with Crippen LogP contribution in [0.4, 0.5) is 4.79 Å². The molecule has 0 spiro atoms. The molecule has 0 aliphatic carbocycles. The number of aromatic nitrogens is 1. The van der Waals surface area contributed by atoms with Gasteiger partial charge >= 0.3 is 6.09 Å². The Morgan fingerprint density at radius 3 is 3.05 bits per heavy atom. The minimum atomic E-state index is -0.388. The van der Waals surface area contributed by atoms with Crippen LogP contribution >= 0.6 is 11.3 Å². The number of ether oxygens (including phenoxy) is 1. The van der Waals surface area contributed by atoms with E-state index in [4.69, 9.17) is 4.74 Å². The summed E-state index contributed by atoms with van der Waals surface area (Å²) in [4.78, 5) is 31.6. The Labute approximate surface area is 121 Å². The highest BCUT2D eigenvalue weighted by molar-refractivity contribution is 7.09. The van der Waals surface area contributed by atoms with Crippen LogP contribution < -0.4 is 0 Å². The van der Waals surface area contributed by atoms with Crippen molar-refractivity contribution in [1.82, 2.24) is 14.8 Å². The number of piperidine rings is 1. The number of hydrogen-bond donors (Lipinski definition) is 0. The number of carbonyl (C=O) groups is 2. The average Bonchev–Trinajstić information content (AvgIpc) is 3.11. The summed E-state index contributed by atoms with van der Waals surface area (Å²) in [5, 5.41) is 2.92. The van der Waals surface area contributed by atoms with E-state index in [1.807, 2.05) is 10.3 Å². The first-order valence-corrected chi connectivity index (χ1v) is 7.74. The van der Waals surface area contributed by atoms with Crippen LogP contribution in [0, 0.1) is 0 Å². The monoisotopic (exact) mass is 295 g/mol. The van der Waals surface area contributed by atoms with Crippen molar-refractivity contribution in [2.24, 2.45) is 0 Å². The van der Waals surface area contributed by atoms with Crippen LogP contribution in [-0.4, -0.2) is 53.0 Å². The molecule has 108 valence electrons. The zero-order chi connectivity index (χ0) is 13.9. The van der Waals surface area contributed by atoms with Crippen molar-refractivity contribution >= 4 is 23.3 Å². The minimum absolute atomic E-state index is 0.0104. The van der Waals surface area contributed by atoms with Crippen molar-refractivity contribution in [3.8, 4) is 0 Å². The summed E-state index contributed by atoms with van der Waals surface area (Å²) in [5.74, 6) is -0.0104. The zero-order valence-corrected chi connectivity index (χ0v) is 12.0. The number of nitrogens with zero attached hydrogens (tertiary/aromatic N) is 3. The number of likely N-dealkylation sites (tertiary alicyclic amines) is 1. The molecular weight excluding hydrogens is 278 g/mol. The Hall–Kier alpha value is -1.63. The fraction of sp³-hybridized carbons (Fsp3) is 0.615. The largest absolute Gasteiger partial charge is 0.448 e. The van der Waals surface area contributed by atoms with Crippen LogP contribution in [0.15, 0.2) is 11.6 Å². The van der Waals surface area contributed by atoms with E-state index in [0.29, 0.717) is 13.2 Å². The predicted octanol–water partition coefficient (Wildman–Crippen LogP) is 1.65. The molecule has 2 fully saturated rings. The van der Waals surface area contributed by atoms with Crippen molar-refractivity contribution in [3.63, 3.8) is 0 Å². The molecule has 0 saturated carbocycles. The highest BCUT2D eigenvalue weighted by Gasteiger charge is 2.32. The van der Waals surface area contributed by atoms with Crippen molar-refractivity contribution in [2.45, 2.75) is 25.3 Å². The highest BCUT2D eigenvalue weighted by Crippen LogP contribution is 2.32. The van der Waals surface area contributed by atoms with E-state index in [9.17, 15) is 9.59 Å². The van der Waals surface area contributed by atoms with E-state index >= 15 is 0 Å². The number of amides is 2. The maximum atomic E-state index is 12.5. The summed E-state index contributed by atoms with van der Waals surface area (Å²) < 4.78 is 4.86. The molecule has 0 radical (unpaired) electrons. The van der Waals surface area contributed by atoms with Crippen LogP contribution in [0.3, 0.4) is 0 Å². The van der Waals surface area contributed by atoms with Crippen LogP contribution in [0.1, 0.15) is 30.3 Å². The Morgan fingerprint density at radius 2 is 2.35 bits per heavy atom. The summed E-state index contributed by atoms with van der Waals surface area (Å²) in [6.45, 7) is 1.73. The lowest BCUT2D eigenvalue weighted by Crippen LogP contribution is -2.44. The Kier molecular flexibility index (Phi) is 3.86. The molecule has 1 aromatic rings. The Morgan fingerprint density at radius 1 is 1.45 bits per heavy atom. The summed E-state index contributed by atoms with van der Waals surface area (Å²) in [6.07, 6.45) is 4.46. The van der Waals surface area contributed by atoms with Gasteiger partial charge < -0.3 is 9.64 Å². The van der Waals surface area contributed by atoms with Gasteiger partial charge in [-0.25, -0.2) is 9.78 Å². The topological polar surface area (TPSA) is 62.7 Å². The third-order valence-electron chi connectivity index (χ3n) is 3.73. The number of thiazole rings is 1. The van der Waals surface area contributed by atoms with Gasteiger partial charge in [0.2, 0.25) is 5.91 Å². The molecule has 2 amide bonds. The van der Waals surface area contributed by atoms with Gasteiger partial charge in [0.25, 0.3) is 0 Å². The third-order valence-corrected chi connectivity index (χ3v) is 4.61. The van der Waals surface area contributed by atoms with Crippen molar-refractivity contribution in [3.05, 3.63) is 16.6 Å². The molecule has 1 aromatic heterocycles. The first-order chi connectivity index (χ1) is 9.75. The lowest BCUT2D eigenvalue weighted by atomic mass is 10.0. The summed E-state index contributed by atoms with van der Waals surface area (Å²) >= 11 is 1.58. The molecule has 3 heterocycles. The Balaban J connectivity index is 1.69. The molecule has 3 rings (SSSR count). The van der Waals surface area contributed by atoms with Crippen LogP contribution in [-0.2, 0) is 9.53 Å². The number of hydrogen-bond acceptors (Lipinski definition) is 5. The highest BCUT2D eigenvalue weighted by atomic mass is 32.1. The van der Waals surface area contributed by atoms with E-state index in [2.05, 4.69) is 4.98 Å². The van der Waals surface area contributed by atoms with E-state index in [1.165, 1.54) is 4.90 Å². The van der Waals surface area contributed by atoms with Gasteiger partial charge in [0.05, 0.1) is 12.6 Å². The van der Waals surface area contributed by atoms with Gasteiger partial charge in [0.1, 0.15) is 18.2 Å². The molecule has 2 aliphatic heterocycles. The zero-order valence-electron chi connectivity index (χ0n) is 11.2. The second-order valence-corrected chi connectivity index (χ2v) is 5.93. The van der Waals surface area contributed by atoms with Crippen LogP contribution in [0.25, 0.3) is 0 Å². The van der Waals surface area contributed by atoms with Crippen molar-refractivity contribution in [1.29, 1.82) is 0 Å². The van der Waals surface area contributed by atoms with Gasteiger partial charge in [-0.1, -0.05) is 0 Å². The first kappa shape index (κ1) is 13.4. The molecule has 7 heteroatoms. The molecule has 1 atom stereocenters. The minimum Gasteiger partial charge on any atom is -0.448 e. The van der Waals surface area contributed by atoms with E-state index in [0.717, 1.165) is 30.8 Å². The fourth-order valence-electron chi connectivity index (χ4n) is 2.71. The maximum Gasteiger partial charge on any atom is 0.410 e. The lowest BCUT2D eigenvalue weighted by Gasteiger charge is -2.35. The third kappa shape index (κ3) is 2.63. The van der Waals surface area contributed by atoms with E-state index < -0.39 is 0 Å². The quantitative estimate of drug-likeness (QED) is 0.850. The van der Waals surface area contributed by atoms with Crippen LogP contribution in [0.2, 0.25) is 0 Å².